The Labute approximate surface area is 204 Å². The van der Waals surface area contributed by atoms with Crippen LogP contribution in [0.25, 0.3) is 0 Å². The van der Waals surface area contributed by atoms with Gasteiger partial charge in [0.25, 0.3) is 0 Å². The van der Waals surface area contributed by atoms with Gasteiger partial charge in [0.15, 0.2) is 0 Å². The summed E-state index contributed by atoms with van der Waals surface area (Å²) in [6, 6.07) is 6.52. The van der Waals surface area contributed by atoms with Crippen LogP contribution in [0.1, 0.15) is 52.5 Å². The summed E-state index contributed by atoms with van der Waals surface area (Å²) in [5.74, 6) is 1.76. The van der Waals surface area contributed by atoms with Crippen molar-refractivity contribution in [3.8, 4) is 0 Å². The third-order valence-corrected chi connectivity index (χ3v) is 5.56. The van der Waals surface area contributed by atoms with Gasteiger partial charge in [-0.3, -0.25) is 0 Å². The van der Waals surface area contributed by atoms with E-state index in [9.17, 15) is 0 Å². The zero-order chi connectivity index (χ0) is 24.7. The SMILES string of the molecule is C=C=C(CCC)Nc1ccc(C)c(Nc2nc(N[C@@H]3CCNC3)nc(N(C)CC(C)(C)C)n2)c1. The van der Waals surface area contributed by atoms with Crippen LogP contribution in [0.15, 0.2) is 36.2 Å². The first-order valence-corrected chi connectivity index (χ1v) is 12.1. The van der Waals surface area contributed by atoms with Gasteiger partial charge in [0.2, 0.25) is 17.8 Å². The normalized spacial score (nSPS) is 15.5. The number of nitrogens with zero attached hydrogens (tertiary/aromatic N) is 4. The Morgan fingerprint density at radius 3 is 2.65 bits per heavy atom. The number of hydrogen-bond donors (Lipinski definition) is 4. The summed E-state index contributed by atoms with van der Waals surface area (Å²) in [4.78, 5) is 16.3. The standard InChI is InChI=1S/C26H40N8/c1-8-10-19(9-2)28-20-12-11-18(3)22(15-20)30-24-31-23(29-21-13-14-27-16-21)32-25(33-24)34(7)17-26(4,5)6/h11-12,15,21,27-28H,2,8,10,13-14,16-17H2,1,3-7H3,(H2,29,30,31,32,33)/t21-/m1/s1. The van der Waals surface area contributed by atoms with Crippen LogP contribution in [-0.2, 0) is 0 Å². The second-order valence-electron chi connectivity index (χ2n) is 10.2. The van der Waals surface area contributed by atoms with Gasteiger partial charge in [0, 0.05) is 37.6 Å². The molecule has 4 N–H and O–H groups in total. The molecule has 34 heavy (non-hydrogen) atoms. The minimum absolute atomic E-state index is 0.114. The summed E-state index contributed by atoms with van der Waals surface area (Å²) in [6.07, 6.45) is 2.98. The Hall–Kier alpha value is -3.09. The predicted molar refractivity (Wildman–Crippen MR) is 143 cm³/mol. The van der Waals surface area contributed by atoms with E-state index >= 15 is 0 Å². The fourth-order valence-electron chi connectivity index (χ4n) is 3.97. The fourth-order valence-corrected chi connectivity index (χ4v) is 3.97. The van der Waals surface area contributed by atoms with Crippen LogP contribution in [0.4, 0.5) is 29.2 Å². The molecule has 0 amide bonds. The van der Waals surface area contributed by atoms with E-state index in [1.807, 2.05) is 7.05 Å². The van der Waals surface area contributed by atoms with Gasteiger partial charge in [-0.2, -0.15) is 15.0 Å². The third-order valence-electron chi connectivity index (χ3n) is 5.56. The number of hydrogen-bond acceptors (Lipinski definition) is 8. The van der Waals surface area contributed by atoms with Crippen molar-refractivity contribution in [3.63, 3.8) is 0 Å². The van der Waals surface area contributed by atoms with Crippen molar-refractivity contribution in [1.29, 1.82) is 0 Å². The highest BCUT2D eigenvalue weighted by Gasteiger charge is 2.20. The average Bonchev–Trinajstić information content (AvgIpc) is 3.27. The van der Waals surface area contributed by atoms with Gasteiger partial charge in [0.1, 0.15) is 0 Å². The molecule has 184 valence electrons. The van der Waals surface area contributed by atoms with E-state index in [0.717, 1.165) is 61.5 Å². The maximum Gasteiger partial charge on any atom is 0.233 e. The Morgan fingerprint density at radius 2 is 2.00 bits per heavy atom. The summed E-state index contributed by atoms with van der Waals surface area (Å²) >= 11 is 0. The molecule has 1 aliphatic heterocycles. The lowest BCUT2D eigenvalue weighted by Gasteiger charge is -2.27. The van der Waals surface area contributed by atoms with Crippen LogP contribution in [-0.4, -0.2) is 47.7 Å². The Balaban J connectivity index is 1.89. The van der Waals surface area contributed by atoms with Crippen LogP contribution < -0.4 is 26.2 Å². The maximum absolute atomic E-state index is 4.75. The summed E-state index contributed by atoms with van der Waals surface area (Å²) < 4.78 is 0. The van der Waals surface area contributed by atoms with Gasteiger partial charge in [-0.15, -0.1) is 5.73 Å². The Kier molecular flexibility index (Phi) is 8.53. The molecule has 0 saturated carbocycles. The molecule has 0 aliphatic carbocycles. The molecule has 0 spiro atoms. The van der Waals surface area contributed by atoms with Crippen LogP contribution in [0.2, 0.25) is 0 Å². The Bertz CT molecular complexity index is 1010. The number of anilines is 5. The number of aryl methyl sites for hydroxylation is 1. The molecule has 1 aromatic heterocycles. The van der Waals surface area contributed by atoms with E-state index in [0.29, 0.717) is 23.9 Å². The fraction of sp³-hybridized carbons (Fsp3) is 0.538. The average molecular weight is 465 g/mol. The van der Waals surface area contributed by atoms with Crippen molar-refractivity contribution >= 4 is 29.2 Å². The topological polar surface area (TPSA) is 90.0 Å². The molecular weight excluding hydrogens is 424 g/mol. The first-order chi connectivity index (χ1) is 16.2. The van der Waals surface area contributed by atoms with Crippen molar-refractivity contribution in [2.24, 2.45) is 5.41 Å². The van der Waals surface area contributed by atoms with Gasteiger partial charge < -0.3 is 26.2 Å². The molecule has 2 heterocycles. The molecule has 1 fully saturated rings. The van der Waals surface area contributed by atoms with E-state index in [2.05, 4.69) is 91.3 Å². The van der Waals surface area contributed by atoms with E-state index in [-0.39, 0.29) is 5.41 Å². The molecule has 1 atom stereocenters. The van der Waals surface area contributed by atoms with Gasteiger partial charge in [-0.05, 0) is 49.4 Å². The number of aromatic nitrogens is 3. The van der Waals surface area contributed by atoms with Crippen molar-refractivity contribution in [3.05, 3.63) is 41.8 Å². The number of benzene rings is 1. The maximum atomic E-state index is 4.75. The number of nitrogens with one attached hydrogen (secondary N) is 4. The smallest absolute Gasteiger partial charge is 0.233 e. The lowest BCUT2D eigenvalue weighted by molar-refractivity contribution is 0.416. The highest BCUT2D eigenvalue weighted by Crippen LogP contribution is 2.26. The predicted octanol–water partition coefficient (Wildman–Crippen LogP) is 5.06. The number of allylic oxidation sites excluding steroid dienone is 1. The lowest BCUT2D eigenvalue weighted by atomic mass is 9.96. The van der Waals surface area contributed by atoms with Gasteiger partial charge in [-0.1, -0.05) is 46.8 Å². The van der Waals surface area contributed by atoms with Gasteiger partial charge in [0.05, 0.1) is 5.70 Å². The van der Waals surface area contributed by atoms with E-state index in [1.165, 1.54) is 0 Å². The molecule has 3 rings (SSSR count). The van der Waals surface area contributed by atoms with Crippen LogP contribution in [0.3, 0.4) is 0 Å². The monoisotopic (exact) mass is 464 g/mol. The largest absolute Gasteiger partial charge is 0.352 e. The first-order valence-electron chi connectivity index (χ1n) is 12.1. The van der Waals surface area contributed by atoms with Crippen molar-refractivity contribution in [2.75, 3.05) is 47.5 Å². The van der Waals surface area contributed by atoms with Crippen molar-refractivity contribution < 1.29 is 0 Å². The molecule has 8 nitrogen and oxygen atoms in total. The molecule has 0 radical (unpaired) electrons. The number of rotatable bonds is 10. The zero-order valence-corrected chi connectivity index (χ0v) is 21.5. The van der Waals surface area contributed by atoms with E-state index in [1.54, 1.807) is 0 Å². The third kappa shape index (κ3) is 7.47. The van der Waals surface area contributed by atoms with E-state index < -0.39 is 0 Å². The van der Waals surface area contributed by atoms with Crippen LogP contribution in [0.5, 0.6) is 0 Å². The molecule has 8 heteroatoms. The second-order valence-corrected chi connectivity index (χ2v) is 10.2. The van der Waals surface area contributed by atoms with Gasteiger partial charge in [-0.25, -0.2) is 0 Å². The molecule has 1 aromatic carbocycles. The molecule has 0 unspecified atom stereocenters. The molecule has 1 aliphatic rings. The first kappa shape index (κ1) is 25.5. The van der Waals surface area contributed by atoms with Crippen LogP contribution >= 0.6 is 0 Å². The zero-order valence-electron chi connectivity index (χ0n) is 21.5. The summed E-state index contributed by atoms with van der Waals surface area (Å²) in [5, 5.41) is 13.7. The minimum Gasteiger partial charge on any atom is -0.352 e. The quantitative estimate of drug-likeness (QED) is 0.363. The molecular formula is C26H40N8. The second kappa shape index (κ2) is 11.4. The van der Waals surface area contributed by atoms with Crippen molar-refractivity contribution in [2.45, 2.75) is 59.9 Å². The summed E-state index contributed by atoms with van der Waals surface area (Å²) in [6.45, 7) is 17.4. The summed E-state index contributed by atoms with van der Waals surface area (Å²) in [5.41, 5.74) is 7.11. The lowest BCUT2D eigenvalue weighted by Crippen LogP contribution is -2.31. The highest BCUT2D eigenvalue weighted by molar-refractivity contribution is 5.67. The Morgan fingerprint density at radius 1 is 1.24 bits per heavy atom. The van der Waals surface area contributed by atoms with Gasteiger partial charge >= 0.3 is 0 Å². The van der Waals surface area contributed by atoms with Crippen molar-refractivity contribution in [1.82, 2.24) is 20.3 Å². The highest BCUT2D eigenvalue weighted by atomic mass is 15.3. The minimum atomic E-state index is 0.114. The summed E-state index contributed by atoms with van der Waals surface area (Å²) in [7, 11) is 2.03. The van der Waals surface area contributed by atoms with E-state index in [4.69, 9.17) is 15.0 Å². The van der Waals surface area contributed by atoms with Crippen LogP contribution in [0, 0.1) is 12.3 Å². The molecule has 2 aromatic rings. The molecule has 0 bridgehead atoms. The molecule has 1 saturated heterocycles.